The van der Waals surface area contributed by atoms with Crippen LogP contribution in [0.15, 0.2) is 30.3 Å². The van der Waals surface area contributed by atoms with Crippen molar-refractivity contribution in [2.75, 3.05) is 0 Å². The van der Waals surface area contributed by atoms with Crippen LogP contribution in [0.3, 0.4) is 0 Å². The SMILES string of the molecule is CCC[CH2][Al][CH2]c1ccccc1.F. The average Bonchev–Trinajstić information content (AvgIpc) is 2.14. The van der Waals surface area contributed by atoms with Crippen molar-refractivity contribution >= 4 is 15.2 Å². The molecule has 1 radical (unpaired) electrons. The van der Waals surface area contributed by atoms with Gasteiger partial charge in [0.15, 0.2) is 0 Å². The summed E-state index contributed by atoms with van der Waals surface area (Å²) < 4.78 is 0. The first-order valence-electron chi connectivity index (χ1n) is 4.79. The highest BCUT2D eigenvalue weighted by Gasteiger charge is 1.93. The number of hydrogen-bond acceptors (Lipinski definition) is 0. The number of benzene rings is 1. The molecule has 1 aromatic carbocycles. The summed E-state index contributed by atoms with van der Waals surface area (Å²) in [5, 5.41) is 2.80. The van der Waals surface area contributed by atoms with Crippen LogP contribution >= 0.6 is 0 Å². The van der Waals surface area contributed by atoms with E-state index in [-0.39, 0.29) is 4.70 Å². The number of rotatable bonds is 5. The highest BCUT2D eigenvalue weighted by Crippen LogP contribution is 2.01. The van der Waals surface area contributed by atoms with Crippen molar-refractivity contribution in [2.24, 2.45) is 0 Å². The second kappa shape index (κ2) is 8.29. The molecule has 0 spiro atoms. The van der Waals surface area contributed by atoms with Gasteiger partial charge < -0.3 is 0 Å². The van der Waals surface area contributed by atoms with Gasteiger partial charge >= 0.3 is 0 Å². The van der Waals surface area contributed by atoms with Crippen LogP contribution in [0.4, 0.5) is 4.70 Å². The Balaban J connectivity index is 0.00000144. The molecule has 1 aromatic rings. The van der Waals surface area contributed by atoms with Gasteiger partial charge in [-0.05, 0) is 0 Å². The van der Waals surface area contributed by atoms with Crippen LogP contribution in [0.2, 0.25) is 5.28 Å². The number of hydrogen-bond donors (Lipinski definition) is 0. The lowest BCUT2D eigenvalue weighted by Crippen LogP contribution is -1.95. The van der Waals surface area contributed by atoms with Crippen molar-refractivity contribution in [3.05, 3.63) is 35.9 Å². The second-order valence-electron chi connectivity index (χ2n) is 3.12. The summed E-state index contributed by atoms with van der Waals surface area (Å²) in [5.74, 6) is 0. The summed E-state index contributed by atoms with van der Waals surface area (Å²) in [5.41, 5.74) is 1.52. The summed E-state index contributed by atoms with van der Waals surface area (Å²) in [7, 11) is 0. The lowest BCUT2D eigenvalue weighted by atomic mass is 10.2. The summed E-state index contributed by atoms with van der Waals surface area (Å²) in [6, 6.07) is 10.8. The molecule has 0 fully saturated rings. The van der Waals surface area contributed by atoms with E-state index in [9.17, 15) is 0 Å². The Kier molecular flexibility index (Phi) is 8.09. The van der Waals surface area contributed by atoms with Gasteiger partial charge in [0.1, 0.15) is 0 Å². The van der Waals surface area contributed by atoms with Crippen LogP contribution in [0.1, 0.15) is 25.3 Å². The van der Waals surface area contributed by atoms with Crippen molar-refractivity contribution in [3.8, 4) is 0 Å². The highest BCUT2D eigenvalue weighted by atomic mass is 27.1. The van der Waals surface area contributed by atoms with Crippen LogP contribution in [0, 0.1) is 0 Å². The Bertz CT molecular complexity index is 199. The monoisotopic (exact) mass is 195 g/mol. The van der Waals surface area contributed by atoms with Crippen LogP contribution < -0.4 is 0 Å². The highest BCUT2D eigenvalue weighted by molar-refractivity contribution is 6.34. The summed E-state index contributed by atoms with van der Waals surface area (Å²) in [6.07, 6.45) is 2.77. The number of unbranched alkanes of at least 4 members (excludes halogenated alkanes) is 1. The lowest BCUT2D eigenvalue weighted by Gasteiger charge is -1.97. The fraction of sp³-hybridized carbons (Fsp3) is 0.455. The molecule has 71 valence electrons. The third-order valence-electron chi connectivity index (χ3n) is 1.98. The van der Waals surface area contributed by atoms with E-state index < -0.39 is 0 Å². The van der Waals surface area contributed by atoms with Crippen LogP contribution in [-0.2, 0) is 5.28 Å². The summed E-state index contributed by atoms with van der Waals surface area (Å²) in [4.78, 5) is 0. The van der Waals surface area contributed by atoms with Crippen molar-refractivity contribution in [3.63, 3.8) is 0 Å². The molecule has 2 heteroatoms. The quantitative estimate of drug-likeness (QED) is 0.499. The van der Waals surface area contributed by atoms with Crippen LogP contribution in [-0.4, -0.2) is 15.2 Å². The minimum Gasteiger partial charge on any atom is -0.269 e. The predicted octanol–water partition coefficient (Wildman–Crippen LogP) is 3.26. The molecule has 1 rings (SSSR count). The van der Waals surface area contributed by atoms with Gasteiger partial charge in [-0.2, -0.15) is 0 Å². The van der Waals surface area contributed by atoms with Gasteiger partial charge in [-0.15, -0.1) is 5.28 Å². The van der Waals surface area contributed by atoms with Gasteiger partial charge in [-0.25, -0.2) is 0 Å². The molecule has 0 nitrogen and oxygen atoms in total. The average molecular weight is 195 g/mol. The zero-order valence-electron chi connectivity index (χ0n) is 8.20. The molecule has 0 N–H and O–H groups in total. The zero-order chi connectivity index (χ0) is 8.65. The van der Waals surface area contributed by atoms with Crippen molar-refractivity contribution in [1.29, 1.82) is 0 Å². The Morgan fingerprint density at radius 3 is 2.46 bits per heavy atom. The first-order valence-corrected chi connectivity index (χ1v) is 6.42. The van der Waals surface area contributed by atoms with Crippen LogP contribution in [0.25, 0.3) is 0 Å². The Morgan fingerprint density at radius 2 is 1.85 bits per heavy atom. The maximum atomic E-state index is 2.27. The molecule has 0 aliphatic heterocycles. The van der Waals surface area contributed by atoms with Crippen molar-refractivity contribution < 1.29 is 4.70 Å². The zero-order valence-corrected chi connectivity index (χ0v) is 9.36. The molecule has 0 aromatic heterocycles. The van der Waals surface area contributed by atoms with Gasteiger partial charge in [0, 0.05) is 0 Å². The third-order valence-corrected chi connectivity index (χ3v) is 3.56. The Labute approximate surface area is 86.4 Å². The molecular weight excluding hydrogens is 178 g/mol. The molecule has 13 heavy (non-hydrogen) atoms. The molecule has 0 amide bonds. The topological polar surface area (TPSA) is 0 Å². The van der Waals surface area contributed by atoms with E-state index in [0.29, 0.717) is 15.2 Å². The third kappa shape index (κ3) is 5.85. The van der Waals surface area contributed by atoms with Gasteiger partial charge in [-0.1, -0.05) is 60.9 Å². The number of halogens is 1. The molecule has 0 unspecified atom stereocenters. The standard InChI is InChI=1S/C7H7.C4H9.Al.FH/c1-7-5-3-2-4-6-7;1-3-4-2;;/h2-6H,1H2;1,3-4H2,2H3;;1H. The van der Waals surface area contributed by atoms with E-state index >= 15 is 0 Å². The fourth-order valence-electron chi connectivity index (χ4n) is 1.23. The second-order valence-corrected chi connectivity index (χ2v) is 4.68. The molecule has 0 saturated heterocycles. The molecule has 0 atom stereocenters. The summed E-state index contributed by atoms with van der Waals surface area (Å²) in [6.45, 7) is 2.27. The minimum atomic E-state index is 0. The molecule has 0 heterocycles. The first kappa shape index (κ1) is 12.7. The first-order chi connectivity index (χ1) is 5.93. The van der Waals surface area contributed by atoms with E-state index in [1.807, 2.05) is 0 Å². The van der Waals surface area contributed by atoms with E-state index in [1.54, 1.807) is 0 Å². The fourth-order valence-corrected chi connectivity index (χ4v) is 2.74. The van der Waals surface area contributed by atoms with E-state index in [1.165, 1.54) is 29.0 Å². The normalized spacial score (nSPS) is 9.00. The van der Waals surface area contributed by atoms with Gasteiger partial charge in [-0.3, -0.25) is 4.70 Å². The Morgan fingerprint density at radius 1 is 1.15 bits per heavy atom. The Hall–Kier alpha value is -0.318. The molecule has 0 aliphatic carbocycles. The van der Waals surface area contributed by atoms with Gasteiger partial charge in [0.2, 0.25) is 15.2 Å². The minimum absolute atomic E-state index is 0. The smallest absolute Gasteiger partial charge is 0.207 e. The largest absolute Gasteiger partial charge is 0.269 e. The van der Waals surface area contributed by atoms with Gasteiger partial charge in [0.05, 0.1) is 0 Å². The molecule has 0 saturated carbocycles. The maximum absolute atomic E-state index is 2.27. The molecule has 0 aliphatic rings. The van der Waals surface area contributed by atoms with E-state index in [4.69, 9.17) is 0 Å². The van der Waals surface area contributed by atoms with E-state index in [2.05, 4.69) is 37.3 Å². The molecular formula is C11H17AlF. The van der Waals surface area contributed by atoms with Crippen LogP contribution in [0.5, 0.6) is 0 Å². The summed E-state index contributed by atoms with van der Waals surface area (Å²) >= 11 is 0.659. The van der Waals surface area contributed by atoms with E-state index in [0.717, 1.165) is 0 Å². The molecule has 0 bridgehead atoms. The lowest BCUT2D eigenvalue weighted by molar-refractivity contribution is 0.877. The maximum Gasteiger partial charge on any atom is 0.207 e. The predicted molar refractivity (Wildman–Crippen MR) is 58.1 cm³/mol. The van der Waals surface area contributed by atoms with Gasteiger partial charge in [0.25, 0.3) is 0 Å². The van der Waals surface area contributed by atoms with Crippen molar-refractivity contribution in [1.82, 2.24) is 0 Å². The van der Waals surface area contributed by atoms with Crippen molar-refractivity contribution in [2.45, 2.75) is 30.3 Å².